The molecule has 1 amide bonds. The van der Waals surface area contributed by atoms with Gasteiger partial charge >= 0.3 is 11.9 Å². The van der Waals surface area contributed by atoms with Crippen LogP contribution in [0.3, 0.4) is 0 Å². The van der Waals surface area contributed by atoms with Crippen molar-refractivity contribution >= 4 is 29.6 Å². The summed E-state index contributed by atoms with van der Waals surface area (Å²) in [6, 6.07) is 0. The molecular formula is C11H13NO6S. The van der Waals surface area contributed by atoms with Crippen LogP contribution in [0.1, 0.15) is 13.8 Å². The highest BCUT2D eigenvalue weighted by Crippen LogP contribution is 2.50. The topological polar surface area (TPSA) is 104 Å². The number of rotatable bonds is 4. The Labute approximate surface area is 113 Å². The molecule has 2 aliphatic rings. The quantitative estimate of drug-likeness (QED) is 0.543. The minimum atomic E-state index is -1.17. The lowest BCUT2D eigenvalue weighted by molar-refractivity contribution is -0.155. The van der Waals surface area contributed by atoms with Gasteiger partial charge in [0.25, 0.3) is 0 Å². The third-order valence-corrected chi connectivity index (χ3v) is 4.39. The van der Waals surface area contributed by atoms with E-state index in [1.165, 1.54) is 18.7 Å². The van der Waals surface area contributed by atoms with E-state index >= 15 is 0 Å². The fraction of sp³-hybridized carbons (Fsp3) is 0.545. The van der Waals surface area contributed by atoms with Crippen molar-refractivity contribution in [1.29, 1.82) is 0 Å². The molecule has 1 saturated heterocycles. The number of carboxylic acids is 1. The van der Waals surface area contributed by atoms with Crippen LogP contribution in [-0.4, -0.2) is 51.0 Å². The number of thioether (sulfide) groups is 1. The van der Waals surface area contributed by atoms with E-state index in [4.69, 9.17) is 9.84 Å². The maximum absolute atomic E-state index is 11.9. The van der Waals surface area contributed by atoms with E-state index in [0.29, 0.717) is 0 Å². The van der Waals surface area contributed by atoms with Crippen molar-refractivity contribution < 1.29 is 29.3 Å². The Morgan fingerprint density at radius 1 is 1.53 bits per heavy atom. The predicted octanol–water partition coefficient (Wildman–Crippen LogP) is -0.242. The standard InChI is InChI=1S/C11H13NO6S/c1-4(13)7-9(15)12-6(3-18-5(2)14)8(11(16)17)19-10(7)12/h4,7,10,13H,3H2,1-2H3,(H,16,17)/t4?,7?,10-/m1/s1. The van der Waals surface area contributed by atoms with Gasteiger partial charge in [-0.15, -0.1) is 0 Å². The van der Waals surface area contributed by atoms with E-state index in [9.17, 15) is 19.5 Å². The Hall–Kier alpha value is -1.54. The van der Waals surface area contributed by atoms with Crippen molar-refractivity contribution in [3.05, 3.63) is 10.6 Å². The number of hydrogen-bond acceptors (Lipinski definition) is 6. The fourth-order valence-corrected chi connectivity index (χ4v) is 3.58. The fourth-order valence-electron chi connectivity index (χ4n) is 2.12. The maximum atomic E-state index is 11.9. The van der Waals surface area contributed by atoms with E-state index in [0.717, 1.165) is 11.8 Å². The van der Waals surface area contributed by atoms with Crippen LogP contribution in [0.4, 0.5) is 0 Å². The number of aliphatic hydroxyl groups excluding tert-OH is 1. The molecule has 0 radical (unpaired) electrons. The van der Waals surface area contributed by atoms with Gasteiger partial charge in [-0.05, 0) is 6.92 Å². The summed E-state index contributed by atoms with van der Waals surface area (Å²) in [6.07, 6.45) is -0.843. The van der Waals surface area contributed by atoms with Gasteiger partial charge in [0.15, 0.2) is 0 Å². The number of aliphatic hydroxyl groups is 1. The molecule has 2 unspecified atom stereocenters. The van der Waals surface area contributed by atoms with Crippen LogP contribution < -0.4 is 0 Å². The lowest BCUT2D eigenvalue weighted by atomic mass is 9.92. The highest BCUT2D eigenvalue weighted by atomic mass is 32.2. The largest absolute Gasteiger partial charge is 0.477 e. The number of hydrogen-bond donors (Lipinski definition) is 2. The molecule has 2 aliphatic heterocycles. The first-order valence-corrected chi connectivity index (χ1v) is 6.50. The lowest BCUT2D eigenvalue weighted by Gasteiger charge is -2.44. The third-order valence-electron chi connectivity index (χ3n) is 3.00. The van der Waals surface area contributed by atoms with E-state index in [1.54, 1.807) is 0 Å². The highest BCUT2D eigenvalue weighted by Gasteiger charge is 2.57. The Morgan fingerprint density at radius 3 is 2.63 bits per heavy atom. The van der Waals surface area contributed by atoms with E-state index in [1.807, 2.05) is 0 Å². The van der Waals surface area contributed by atoms with E-state index in [2.05, 4.69) is 0 Å². The van der Waals surface area contributed by atoms with Crippen molar-refractivity contribution in [3.8, 4) is 0 Å². The summed E-state index contributed by atoms with van der Waals surface area (Å²) in [7, 11) is 0. The molecule has 3 atom stereocenters. The second kappa shape index (κ2) is 4.86. The summed E-state index contributed by atoms with van der Waals surface area (Å²) in [6.45, 7) is 2.45. The summed E-state index contributed by atoms with van der Waals surface area (Å²) < 4.78 is 4.77. The minimum Gasteiger partial charge on any atom is -0.477 e. The number of carboxylic acid groups (broad SMARTS) is 1. The second-order valence-electron chi connectivity index (χ2n) is 4.34. The smallest absolute Gasteiger partial charge is 0.344 e. The van der Waals surface area contributed by atoms with Crippen LogP contribution >= 0.6 is 11.8 Å². The van der Waals surface area contributed by atoms with Crippen LogP contribution in [0.15, 0.2) is 10.6 Å². The average molecular weight is 287 g/mol. The molecule has 0 aromatic rings. The molecule has 2 rings (SSSR count). The summed E-state index contributed by atoms with van der Waals surface area (Å²) in [4.78, 5) is 35.1. The highest BCUT2D eigenvalue weighted by molar-refractivity contribution is 8.04. The number of aliphatic carboxylic acids is 1. The third kappa shape index (κ3) is 2.21. The molecule has 8 heteroatoms. The molecular weight excluding hydrogens is 274 g/mol. The van der Waals surface area contributed by atoms with Gasteiger partial charge in [0.05, 0.1) is 17.7 Å². The van der Waals surface area contributed by atoms with Gasteiger partial charge in [-0.25, -0.2) is 4.79 Å². The normalized spacial score (nSPS) is 26.9. The monoisotopic (exact) mass is 287 g/mol. The molecule has 104 valence electrons. The molecule has 0 saturated carbocycles. The zero-order valence-electron chi connectivity index (χ0n) is 10.3. The number of ether oxygens (including phenoxy) is 1. The van der Waals surface area contributed by atoms with Crippen LogP contribution in [0.5, 0.6) is 0 Å². The summed E-state index contributed by atoms with van der Waals surface area (Å²) in [5.74, 6) is -2.68. The predicted molar refractivity (Wildman–Crippen MR) is 64.7 cm³/mol. The summed E-state index contributed by atoms with van der Waals surface area (Å²) in [5.41, 5.74) is 0.180. The van der Waals surface area contributed by atoms with E-state index < -0.39 is 29.3 Å². The lowest BCUT2D eigenvalue weighted by Crippen LogP contribution is -2.60. The molecule has 1 fully saturated rings. The Morgan fingerprint density at radius 2 is 2.16 bits per heavy atom. The molecule has 19 heavy (non-hydrogen) atoms. The number of carbonyl (C=O) groups is 3. The van der Waals surface area contributed by atoms with Crippen molar-refractivity contribution in [2.45, 2.75) is 25.3 Å². The number of amides is 1. The van der Waals surface area contributed by atoms with Crippen LogP contribution in [0, 0.1) is 5.92 Å². The zero-order chi connectivity index (χ0) is 14.3. The van der Waals surface area contributed by atoms with Gasteiger partial charge in [-0.3, -0.25) is 14.5 Å². The molecule has 0 aromatic carbocycles. The molecule has 0 aliphatic carbocycles. The van der Waals surface area contributed by atoms with E-state index in [-0.39, 0.29) is 23.1 Å². The van der Waals surface area contributed by atoms with Crippen molar-refractivity contribution in [2.24, 2.45) is 5.92 Å². The van der Waals surface area contributed by atoms with Crippen LogP contribution in [-0.2, 0) is 19.1 Å². The van der Waals surface area contributed by atoms with Crippen molar-refractivity contribution in [1.82, 2.24) is 4.90 Å². The average Bonchev–Trinajstić information content (AvgIpc) is 2.60. The first kappa shape index (κ1) is 13.9. The van der Waals surface area contributed by atoms with Gasteiger partial charge in [-0.1, -0.05) is 11.8 Å². The zero-order valence-corrected chi connectivity index (χ0v) is 11.1. The van der Waals surface area contributed by atoms with Crippen LogP contribution in [0.25, 0.3) is 0 Å². The number of β-lactam (4-membered cyclic amide) rings is 1. The molecule has 0 aromatic heterocycles. The number of fused-ring (bicyclic) bond motifs is 1. The molecule has 0 bridgehead atoms. The van der Waals surface area contributed by atoms with Gasteiger partial charge in [-0.2, -0.15) is 0 Å². The SMILES string of the molecule is CC(=O)OCC1=C(C(=O)O)S[C@@H]2C(C(C)O)C(=O)N12. The Kier molecular flexibility index (Phi) is 3.55. The van der Waals surface area contributed by atoms with Gasteiger partial charge in [0, 0.05) is 6.92 Å². The second-order valence-corrected chi connectivity index (χ2v) is 5.47. The number of esters is 1. The minimum absolute atomic E-state index is 0.0113. The Bertz CT molecular complexity index is 486. The number of carbonyl (C=O) groups excluding carboxylic acids is 2. The van der Waals surface area contributed by atoms with Gasteiger partial charge in [0.2, 0.25) is 5.91 Å². The van der Waals surface area contributed by atoms with Gasteiger partial charge in [0.1, 0.15) is 16.9 Å². The summed E-state index contributed by atoms with van der Waals surface area (Å²) >= 11 is 1.00. The maximum Gasteiger partial charge on any atom is 0.344 e. The molecule has 7 nitrogen and oxygen atoms in total. The molecule has 2 heterocycles. The molecule has 0 spiro atoms. The van der Waals surface area contributed by atoms with Crippen LogP contribution in [0.2, 0.25) is 0 Å². The number of nitrogens with zero attached hydrogens (tertiary/aromatic N) is 1. The van der Waals surface area contributed by atoms with Crippen molar-refractivity contribution in [2.75, 3.05) is 6.61 Å². The first-order chi connectivity index (χ1) is 8.84. The van der Waals surface area contributed by atoms with Gasteiger partial charge < -0.3 is 14.9 Å². The Balaban J connectivity index is 2.22. The molecule has 2 N–H and O–H groups in total. The first-order valence-electron chi connectivity index (χ1n) is 5.62. The summed E-state index contributed by atoms with van der Waals surface area (Å²) in [5, 5.41) is 18.2. The van der Waals surface area contributed by atoms with Crippen molar-refractivity contribution in [3.63, 3.8) is 0 Å².